The number of aliphatic hydroxyl groups excluding tert-OH is 1. The molecule has 0 unspecified atom stereocenters. The van der Waals surface area contributed by atoms with Crippen LogP contribution in [0.25, 0.3) is 0 Å². The Morgan fingerprint density at radius 2 is 1.81 bits per heavy atom. The van der Waals surface area contributed by atoms with E-state index in [1.54, 1.807) is 0 Å². The van der Waals surface area contributed by atoms with E-state index in [1.165, 1.54) is 12.1 Å². The number of aliphatic hydroxyl groups is 1. The van der Waals surface area contributed by atoms with Crippen LogP contribution in [0, 0.1) is 5.82 Å². The van der Waals surface area contributed by atoms with Crippen molar-refractivity contribution in [3.63, 3.8) is 0 Å². The Hall–Kier alpha value is -1.06. The number of hydrogen-bond donors (Lipinski definition) is 2. The largest absolute Gasteiger partial charge is 0.417 e. The molecule has 0 aromatic heterocycles. The summed E-state index contributed by atoms with van der Waals surface area (Å²) >= 11 is 0. The second-order valence-corrected chi connectivity index (χ2v) is 5.81. The Bertz CT molecular complexity index is 521. The first-order valence-corrected chi connectivity index (χ1v) is 7.17. The fraction of sp³-hybridized carbons (Fsp3) is 0.500. The summed E-state index contributed by atoms with van der Waals surface area (Å²) in [6.45, 7) is 0.481. The van der Waals surface area contributed by atoms with Crippen molar-refractivity contribution >= 4 is 11.0 Å². The fourth-order valence-electron chi connectivity index (χ4n) is 1.99. The van der Waals surface area contributed by atoms with Gasteiger partial charge in [0.25, 0.3) is 0 Å². The molecule has 21 heavy (non-hydrogen) atoms. The van der Waals surface area contributed by atoms with Crippen LogP contribution in [-0.2, 0) is 11.0 Å². The summed E-state index contributed by atoms with van der Waals surface area (Å²) in [5.41, 5.74) is -3.72. The molecule has 1 aromatic carbocycles. The van der Waals surface area contributed by atoms with Crippen LogP contribution in [0.2, 0.25) is 0 Å². The van der Waals surface area contributed by atoms with E-state index in [0.29, 0.717) is 6.92 Å². The lowest BCUT2D eigenvalue weighted by Crippen LogP contribution is -2.51. The molecule has 1 aromatic rings. The van der Waals surface area contributed by atoms with Gasteiger partial charge in [-0.1, -0.05) is 18.2 Å². The van der Waals surface area contributed by atoms with E-state index in [1.807, 2.05) is 0 Å². The van der Waals surface area contributed by atoms with Crippen molar-refractivity contribution in [3.05, 3.63) is 35.6 Å². The van der Waals surface area contributed by atoms with Crippen LogP contribution >= 0.6 is 0 Å². The van der Waals surface area contributed by atoms with Crippen LogP contribution in [0.4, 0.5) is 22.0 Å². The van der Waals surface area contributed by atoms with Crippen molar-refractivity contribution in [2.45, 2.75) is 30.8 Å². The lowest BCUT2D eigenvalue weighted by atomic mass is 9.81. The summed E-state index contributed by atoms with van der Waals surface area (Å²) in [6.07, 6.45) is -8.61. The Morgan fingerprint density at radius 3 is 2.24 bits per heavy atom. The summed E-state index contributed by atoms with van der Waals surface area (Å²) in [7, 11) is -2.18. The van der Waals surface area contributed by atoms with Crippen LogP contribution in [0.3, 0.4) is 0 Å². The van der Waals surface area contributed by atoms with Crippen molar-refractivity contribution in [2.24, 2.45) is 5.14 Å². The zero-order valence-corrected chi connectivity index (χ0v) is 11.7. The summed E-state index contributed by atoms with van der Waals surface area (Å²) in [5.74, 6) is -3.55. The van der Waals surface area contributed by atoms with Gasteiger partial charge in [0.15, 0.2) is 11.8 Å². The normalized spacial score (nSPS) is 19.6. The highest BCUT2D eigenvalue weighted by atomic mass is 32.2. The molecule has 3 nitrogen and oxygen atoms in total. The van der Waals surface area contributed by atoms with Crippen LogP contribution < -0.4 is 5.14 Å². The highest BCUT2D eigenvalue weighted by molar-refractivity contribution is 7.82. The SMILES string of the molecule is C[C@@](F)([C@H](C[S@](N)=O)c1ccccc1F)[C@@H](O)C(F)(F)F. The van der Waals surface area contributed by atoms with Gasteiger partial charge in [-0.3, -0.25) is 5.14 Å². The molecule has 0 heterocycles. The number of benzene rings is 1. The maximum absolute atomic E-state index is 14.5. The standard InChI is InChI=1S/C12H14F5NO2S/c1-11(14,10(19)12(15,16)17)8(6-21(18)20)7-4-2-3-5-9(7)13/h2-5,8,10,19H,6,18H2,1H3/t8-,10-,11-,21-/m1/s1. The van der Waals surface area contributed by atoms with Gasteiger partial charge in [-0.2, -0.15) is 13.2 Å². The number of hydrogen-bond acceptors (Lipinski definition) is 2. The molecule has 0 aliphatic carbocycles. The summed E-state index contributed by atoms with van der Waals surface area (Å²) in [5, 5.41) is 14.2. The quantitative estimate of drug-likeness (QED) is 0.813. The van der Waals surface area contributed by atoms with Gasteiger partial charge >= 0.3 is 6.18 Å². The Labute approximate surface area is 120 Å². The molecule has 3 N–H and O–H groups in total. The third kappa shape index (κ3) is 4.21. The maximum Gasteiger partial charge on any atom is 0.417 e. The number of alkyl halides is 4. The zero-order valence-electron chi connectivity index (χ0n) is 10.9. The van der Waals surface area contributed by atoms with E-state index in [0.717, 1.165) is 12.1 Å². The molecule has 4 atom stereocenters. The molecule has 0 spiro atoms. The molecular weight excluding hydrogens is 317 g/mol. The first-order valence-electron chi connectivity index (χ1n) is 5.78. The lowest BCUT2D eigenvalue weighted by Gasteiger charge is -2.35. The molecule has 0 saturated carbocycles. The minimum Gasteiger partial charge on any atom is -0.381 e. The van der Waals surface area contributed by atoms with Crippen LogP contribution in [-0.4, -0.2) is 33.0 Å². The van der Waals surface area contributed by atoms with E-state index in [9.17, 15) is 31.3 Å². The van der Waals surface area contributed by atoms with E-state index in [2.05, 4.69) is 0 Å². The van der Waals surface area contributed by atoms with E-state index < -0.39 is 52.0 Å². The van der Waals surface area contributed by atoms with Gasteiger partial charge in [0, 0.05) is 11.7 Å². The number of nitrogens with two attached hydrogens (primary N) is 1. The van der Waals surface area contributed by atoms with Gasteiger partial charge in [0.1, 0.15) is 5.82 Å². The second kappa shape index (κ2) is 6.37. The molecule has 0 aliphatic rings. The average molecular weight is 331 g/mol. The molecular formula is C12H14F5NO2S. The fourth-order valence-corrected chi connectivity index (χ4v) is 2.82. The van der Waals surface area contributed by atoms with Crippen molar-refractivity contribution in [2.75, 3.05) is 5.75 Å². The van der Waals surface area contributed by atoms with Crippen LogP contribution in [0.1, 0.15) is 18.4 Å². The van der Waals surface area contributed by atoms with E-state index >= 15 is 0 Å². The first kappa shape index (κ1) is 18.0. The van der Waals surface area contributed by atoms with Crippen molar-refractivity contribution in [1.82, 2.24) is 0 Å². The van der Waals surface area contributed by atoms with Gasteiger partial charge in [0.2, 0.25) is 0 Å². The topological polar surface area (TPSA) is 63.3 Å². The Morgan fingerprint density at radius 1 is 1.29 bits per heavy atom. The molecule has 0 saturated heterocycles. The maximum atomic E-state index is 14.5. The highest BCUT2D eigenvalue weighted by Gasteiger charge is 2.55. The molecule has 120 valence electrons. The van der Waals surface area contributed by atoms with Crippen LogP contribution in [0.15, 0.2) is 24.3 Å². The average Bonchev–Trinajstić information content (AvgIpc) is 2.34. The first-order chi connectivity index (χ1) is 9.48. The number of halogens is 5. The smallest absolute Gasteiger partial charge is 0.381 e. The molecule has 0 radical (unpaired) electrons. The van der Waals surface area contributed by atoms with Crippen molar-refractivity contribution < 1.29 is 31.3 Å². The molecule has 0 amide bonds. The van der Waals surface area contributed by atoms with Gasteiger partial charge in [-0.25, -0.2) is 13.0 Å². The van der Waals surface area contributed by atoms with Crippen LogP contribution in [0.5, 0.6) is 0 Å². The monoisotopic (exact) mass is 331 g/mol. The van der Waals surface area contributed by atoms with Gasteiger partial charge in [0.05, 0.1) is 11.0 Å². The van der Waals surface area contributed by atoms with Gasteiger partial charge in [-0.15, -0.1) is 0 Å². The zero-order chi connectivity index (χ0) is 16.4. The third-order valence-electron chi connectivity index (χ3n) is 3.14. The second-order valence-electron chi connectivity index (χ2n) is 4.72. The summed E-state index contributed by atoms with van der Waals surface area (Å²) in [6, 6.07) is 4.55. The molecule has 0 fully saturated rings. The predicted molar refractivity (Wildman–Crippen MR) is 67.9 cm³/mol. The molecule has 1 rings (SSSR count). The minimum atomic E-state index is -5.25. The van der Waals surface area contributed by atoms with Gasteiger partial charge < -0.3 is 5.11 Å². The minimum absolute atomic E-state index is 0.426. The number of rotatable bonds is 5. The Balaban J connectivity index is 3.31. The predicted octanol–water partition coefficient (Wildman–Crippen LogP) is 2.18. The third-order valence-corrected chi connectivity index (χ3v) is 3.80. The Kier molecular flexibility index (Phi) is 5.46. The highest BCUT2D eigenvalue weighted by Crippen LogP contribution is 2.41. The van der Waals surface area contributed by atoms with E-state index in [-0.39, 0.29) is 0 Å². The molecule has 0 bridgehead atoms. The van der Waals surface area contributed by atoms with E-state index in [4.69, 9.17) is 5.14 Å². The van der Waals surface area contributed by atoms with Crippen molar-refractivity contribution in [1.29, 1.82) is 0 Å². The molecule has 9 heteroatoms. The summed E-state index contributed by atoms with van der Waals surface area (Å²) in [4.78, 5) is 0. The summed E-state index contributed by atoms with van der Waals surface area (Å²) < 4.78 is 77.1. The molecule has 0 aliphatic heterocycles. The van der Waals surface area contributed by atoms with Crippen molar-refractivity contribution in [3.8, 4) is 0 Å². The lowest BCUT2D eigenvalue weighted by molar-refractivity contribution is -0.242. The van der Waals surface area contributed by atoms with Gasteiger partial charge in [-0.05, 0) is 18.6 Å².